The van der Waals surface area contributed by atoms with Crippen LogP contribution in [0.4, 0.5) is 5.88 Å². The Hall–Kier alpha value is -2.21. The normalized spacial score (nSPS) is 18.4. The summed E-state index contributed by atoms with van der Waals surface area (Å²) < 4.78 is 16.3. The fourth-order valence-electron chi connectivity index (χ4n) is 2.45. The van der Waals surface area contributed by atoms with Crippen LogP contribution in [0.2, 0.25) is 0 Å². The van der Waals surface area contributed by atoms with E-state index in [1.54, 1.807) is 13.2 Å². The number of piperidine rings is 1. The number of benzene rings is 1. The molecule has 0 amide bonds. The van der Waals surface area contributed by atoms with Crippen LogP contribution in [-0.2, 0) is 0 Å². The molecule has 0 bridgehead atoms. The highest BCUT2D eigenvalue weighted by atomic mass is 16.5. The van der Waals surface area contributed by atoms with Crippen LogP contribution in [0, 0.1) is 0 Å². The number of hydrogen-bond donors (Lipinski definition) is 2. The molecule has 0 spiro atoms. The van der Waals surface area contributed by atoms with Gasteiger partial charge in [0.2, 0.25) is 5.88 Å². The van der Waals surface area contributed by atoms with Gasteiger partial charge in [-0.15, -0.1) is 0 Å². The predicted molar refractivity (Wildman–Crippen MR) is 79.4 cm³/mol. The summed E-state index contributed by atoms with van der Waals surface area (Å²) in [7, 11) is 1.63. The van der Waals surface area contributed by atoms with Crippen LogP contribution in [-0.4, -0.2) is 31.5 Å². The molecule has 2 heterocycles. The maximum atomic E-state index is 6.07. The van der Waals surface area contributed by atoms with Gasteiger partial charge in [-0.3, -0.25) is 0 Å². The molecule has 21 heavy (non-hydrogen) atoms. The van der Waals surface area contributed by atoms with Gasteiger partial charge in [0.15, 0.2) is 11.5 Å². The van der Waals surface area contributed by atoms with Crippen LogP contribution >= 0.6 is 0 Å². The number of rotatable bonds is 4. The second-order valence-corrected chi connectivity index (χ2v) is 5.07. The average molecular weight is 289 g/mol. The summed E-state index contributed by atoms with van der Waals surface area (Å²) >= 11 is 0. The standard InChI is InChI=1S/C15H19N3O3/c1-19-13-5-4-10(12-8-15(16)21-18-12)7-14(13)20-11-3-2-6-17-9-11/h4-5,7-8,11,17H,2-3,6,9,16H2,1H3. The maximum absolute atomic E-state index is 6.07. The van der Waals surface area contributed by atoms with E-state index in [-0.39, 0.29) is 6.10 Å². The molecule has 1 atom stereocenters. The Kier molecular flexibility index (Phi) is 3.96. The van der Waals surface area contributed by atoms with Gasteiger partial charge in [0.05, 0.1) is 7.11 Å². The monoisotopic (exact) mass is 289 g/mol. The molecule has 2 aromatic rings. The van der Waals surface area contributed by atoms with Crippen molar-refractivity contribution in [3.63, 3.8) is 0 Å². The molecule has 1 aliphatic rings. The second-order valence-electron chi connectivity index (χ2n) is 5.07. The molecular weight excluding hydrogens is 270 g/mol. The van der Waals surface area contributed by atoms with Gasteiger partial charge in [0.25, 0.3) is 0 Å². The second kappa shape index (κ2) is 6.05. The van der Waals surface area contributed by atoms with Crippen molar-refractivity contribution in [1.29, 1.82) is 0 Å². The molecule has 112 valence electrons. The van der Waals surface area contributed by atoms with Crippen molar-refractivity contribution in [2.45, 2.75) is 18.9 Å². The Bertz CT molecular complexity index is 606. The number of nitrogens with one attached hydrogen (secondary N) is 1. The lowest BCUT2D eigenvalue weighted by Crippen LogP contribution is -2.37. The largest absolute Gasteiger partial charge is 0.493 e. The zero-order chi connectivity index (χ0) is 14.7. The van der Waals surface area contributed by atoms with Gasteiger partial charge in [-0.25, -0.2) is 0 Å². The van der Waals surface area contributed by atoms with Crippen LogP contribution < -0.4 is 20.5 Å². The molecule has 6 nitrogen and oxygen atoms in total. The Balaban J connectivity index is 1.86. The number of aromatic nitrogens is 1. The van der Waals surface area contributed by atoms with Crippen molar-refractivity contribution >= 4 is 5.88 Å². The molecule has 0 aliphatic carbocycles. The molecule has 0 saturated carbocycles. The third-order valence-electron chi connectivity index (χ3n) is 3.53. The van der Waals surface area contributed by atoms with Gasteiger partial charge >= 0.3 is 0 Å². The number of anilines is 1. The Morgan fingerprint density at radius 2 is 2.24 bits per heavy atom. The minimum atomic E-state index is 0.158. The summed E-state index contributed by atoms with van der Waals surface area (Å²) in [4.78, 5) is 0. The Morgan fingerprint density at radius 3 is 2.90 bits per heavy atom. The summed E-state index contributed by atoms with van der Waals surface area (Å²) in [5.41, 5.74) is 7.13. The number of nitrogens with two attached hydrogens (primary N) is 1. The molecule has 1 fully saturated rings. The summed E-state index contributed by atoms with van der Waals surface area (Å²) in [6.07, 6.45) is 2.31. The van der Waals surface area contributed by atoms with Gasteiger partial charge < -0.3 is 25.0 Å². The lowest BCUT2D eigenvalue weighted by atomic mass is 10.1. The topological polar surface area (TPSA) is 82.5 Å². The van der Waals surface area contributed by atoms with Crippen LogP contribution in [0.25, 0.3) is 11.3 Å². The molecule has 6 heteroatoms. The number of nitrogen functional groups attached to an aromatic ring is 1. The summed E-state index contributed by atoms with van der Waals surface area (Å²) in [6.45, 7) is 1.90. The fourth-order valence-corrected chi connectivity index (χ4v) is 2.45. The molecular formula is C15H19N3O3. The van der Waals surface area contributed by atoms with E-state index in [0.717, 1.165) is 31.5 Å². The zero-order valence-electron chi connectivity index (χ0n) is 12.0. The van der Waals surface area contributed by atoms with Gasteiger partial charge in [0, 0.05) is 18.2 Å². The van der Waals surface area contributed by atoms with E-state index >= 15 is 0 Å². The first-order valence-corrected chi connectivity index (χ1v) is 7.04. The Morgan fingerprint density at radius 1 is 1.33 bits per heavy atom. The fraction of sp³-hybridized carbons (Fsp3) is 0.400. The minimum Gasteiger partial charge on any atom is -0.493 e. The van der Waals surface area contributed by atoms with Crippen molar-refractivity contribution in [2.24, 2.45) is 0 Å². The van der Waals surface area contributed by atoms with E-state index in [4.69, 9.17) is 19.7 Å². The minimum absolute atomic E-state index is 0.158. The van der Waals surface area contributed by atoms with Crippen LogP contribution in [0.1, 0.15) is 12.8 Å². The number of nitrogens with zero attached hydrogens (tertiary/aromatic N) is 1. The number of methoxy groups -OCH3 is 1. The molecule has 1 aliphatic heterocycles. The Labute approximate surface area is 123 Å². The molecule has 1 unspecified atom stereocenters. The van der Waals surface area contributed by atoms with Crippen molar-refractivity contribution in [3.05, 3.63) is 24.3 Å². The third-order valence-corrected chi connectivity index (χ3v) is 3.53. The predicted octanol–water partition coefficient (Wildman–Crippen LogP) is 2.06. The summed E-state index contributed by atoms with van der Waals surface area (Å²) in [6, 6.07) is 7.37. The highest BCUT2D eigenvalue weighted by Crippen LogP contribution is 2.33. The van der Waals surface area contributed by atoms with Gasteiger partial charge in [-0.2, -0.15) is 0 Å². The first kappa shape index (κ1) is 13.8. The van der Waals surface area contributed by atoms with Crippen LogP contribution in [0.15, 0.2) is 28.8 Å². The molecule has 3 N–H and O–H groups in total. The van der Waals surface area contributed by atoms with E-state index in [9.17, 15) is 0 Å². The van der Waals surface area contributed by atoms with Crippen molar-refractivity contribution in [2.75, 3.05) is 25.9 Å². The lowest BCUT2D eigenvalue weighted by Gasteiger charge is -2.25. The van der Waals surface area contributed by atoms with E-state index in [1.165, 1.54) is 0 Å². The molecule has 3 rings (SSSR count). The lowest BCUT2D eigenvalue weighted by molar-refractivity contribution is 0.161. The summed E-state index contributed by atoms with van der Waals surface area (Å²) in [5.74, 6) is 1.71. The van der Waals surface area contributed by atoms with Gasteiger partial charge in [-0.1, -0.05) is 5.16 Å². The molecule has 1 aromatic heterocycles. The maximum Gasteiger partial charge on any atom is 0.222 e. The number of ether oxygens (including phenoxy) is 2. The van der Waals surface area contributed by atoms with E-state index in [0.29, 0.717) is 23.1 Å². The van der Waals surface area contributed by atoms with E-state index < -0.39 is 0 Å². The van der Waals surface area contributed by atoms with Crippen LogP contribution in [0.3, 0.4) is 0 Å². The SMILES string of the molecule is COc1ccc(-c2cc(N)on2)cc1OC1CCCNC1. The highest BCUT2D eigenvalue weighted by molar-refractivity contribution is 5.65. The quantitative estimate of drug-likeness (QED) is 0.896. The van der Waals surface area contributed by atoms with E-state index in [1.807, 2.05) is 18.2 Å². The molecule has 1 aromatic carbocycles. The highest BCUT2D eigenvalue weighted by Gasteiger charge is 2.17. The average Bonchev–Trinajstić information content (AvgIpc) is 2.95. The zero-order valence-corrected chi connectivity index (χ0v) is 12.0. The number of hydrogen-bond acceptors (Lipinski definition) is 6. The summed E-state index contributed by atoms with van der Waals surface area (Å²) in [5, 5.41) is 7.25. The first-order chi connectivity index (χ1) is 10.3. The van der Waals surface area contributed by atoms with Gasteiger partial charge in [-0.05, 0) is 37.6 Å². The first-order valence-electron chi connectivity index (χ1n) is 7.04. The molecule has 1 saturated heterocycles. The molecule has 0 radical (unpaired) electrons. The van der Waals surface area contributed by atoms with Crippen molar-refractivity contribution in [3.8, 4) is 22.8 Å². The smallest absolute Gasteiger partial charge is 0.222 e. The van der Waals surface area contributed by atoms with Crippen molar-refractivity contribution < 1.29 is 14.0 Å². The van der Waals surface area contributed by atoms with E-state index in [2.05, 4.69) is 10.5 Å². The van der Waals surface area contributed by atoms with Crippen molar-refractivity contribution in [1.82, 2.24) is 10.5 Å². The van der Waals surface area contributed by atoms with Crippen LogP contribution in [0.5, 0.6) is 11.5 Å². The van der Waals surface area contributed by atoms with Gasteiger partial charge in [0.1, 0.15) is 11.8 Å². The third kappa shape index (κ3) is 3.11.